The molecular weight excluding hydrogens is 378 g/mol. The average Bonchev–Trinajstić information content (AvgIpc) is 2.68. The van der Waals surface area contributed by atoms with E-state index < -0.39 is 6.09 Å². The SMILES string of the molecule is CCCC(=O)Oc1ccccc1N=Nc1ccc(NC(C)=O)nc1NC(=O)OC. The molecule has 0 aliphatic rings. The van der Waals surface area contributed by atoms with Gasteiger partial charge >= 0.3 is 12.1 Å². The summed E-state index contributed by atoms with van der Waals surface area (Å²) in [6.07, 6.45) is 0.188. The van der Waals surface area contributed by atoms with E-state index in [1.807, 2.05) is 6.92 Å². The molecule has 2 aromatic rings. The zero-order valence-corrected chi connectivity index (χ0v) is 16.3. The zero-order valence-electron chi connectivity index (χ0n) is 16.3. The first-order chi connectivity index (χ1) is 13.9. The van der Waals surface area contributed by atoms with Gasteiger partial charge in [-0.2, -0.15) is 0 Å². The number of hydrogen-bond acceptors (Lipinski definition) is 8. The van der Waals surface area contributed by atoms with Gasteiger partial charge in [0.1, 0.15) is 17.2 Å². The van der Waals surface area contributed by atoms with E-state index in [0.29, 0.717) is 12.1 Å². The maximum Gasteiger partial charge on any atom is 0.412 e. The molecule has 0 aliphatic carbocycles. The van der Waals surface area contributed by atoms with Gasteiger partial charge in [0.05, 0.1) is 7.11 Å². The Morgan fingerprint density at radius 3 is 2.45 bits per heavy atom. The van der Waals surface area contributed by atoms with Crippen molar-refractivity contribution in [2.75, 3.05) is 17.7 Å². The molecule has 1 heterocycles. The molecule has 2 amide bonds. The Kier molecular flexibility index (Phi) is 7.78. The first-order valence-electron chi connectivity index (χ1n) is 8.78. The van der Waals surface area contributed by atoms with Crippen molar-refractivity contribution >= 4 is 41.0 Å². The number of esters is 1. The Labute approximate surface area is 167 Å². The average molecular weight is 399 g/mol. The lowest BCUT2D eigenvalue weighted by Crippen LogP contribution is -2.14. The van der Waals surface area contributed by atoms with Crippen LogP contribution < -0.4 is 15.4 Å². The number of nitrogens with one attached hydrogen (secondary N) is 2. The molecule has 0 saturated heterocycles. The molecule has 2 N–H and O–H groups in total. The van der Waals surface area contributed by atoms with E-state index in [2.05, 4.69) is 30.6 Å². The second-order valence-electron chi connectivity index (χ2n) is 5.75. The highest BCUT2D eigenvalue weighted by Crippen LogP contribution is 2.31. The number of hydrogen-bond donors (Lipinski definition) is 2. The van der Waals surface area contributed by atoms with Crippen LogP contribution in [0, 0.1) is 0 Å². The molecule has 2 rings (SSSR count). The van der Waals surface area contributed by atoms with Crippen molar-refractivity contribution in [3.63, 3.8) is 0 Å². The lowest BCUT2D eigenvalue weighted by atomic mass is 10.3. The molecule has 0 radical (unpaired) electrons. The summed E-state index contributed by atoms with van der Waals surface area (Å²) in [5.74, 6) is -0.174. The zero-order chi connectivity index (χ0) is 21.2. The quantitative estimate of drug-likeness (QED) is 0.404. The topological polar surface area (TPSA) is 131 Å². The van der Waals surface area contributed by atoms with Gasteiger partial charge in [0.15, 0.2) is 11.6 Å². The van der Waals surface area contributed by atoms with Crippen LogP contribution in [0.2, 0.25) is 0 Å². The summed E-state index contributed by atoms with van der Waals surface area (Å²) >= 11 is 0. The van der Waals surface area contributed by atoms with Gasteiger partial charge in [0, 0.05) is 13.3 Å². The molecule has 1 aromatic heterocycles. The Balaban J connectivity index is 2.32. The molecule has 0 spiro atoms. The van der Waals surface area contributed by atoms with Crippen LogP contribution in [0.5, 0.6) is 5.75 Å². The number of aromatic nitrogens is 1. The van der Waals surface area contributed by atoms with Crippen molar-refractivity contribution in [1.29, 1.82) is 0 Å². The van der Waals surface area contributed by atoms with E-state index in [0.717, 1.165) is 0 Å². The highest BCUT2D eigenvalue weighted by Gasteiger charge is 2.12. The lowest BCUT2D eigenvalue weighted by molar-refractivity contribution is -0.134. The molecule has 0 bridgehead atoms. The van der Waals surface area contributed by atoms with Crippen molar-refractivity contribution in [3.8, 4) is 5.75 Å². The van der Waals surface area contributed by atoms with Gasteiger partial charge in [-0.15, -0.1) is 10.2 Å². The molecule has 10 heteroatoms. The number of carbonyl (C=O) groups is 3. The summed E-state index contributed by atoms with van der Waals surface area (Å²) < 4.78 is 9.88. The third kappa shape index (κ3) is 6.69. The van der Waals surface area contributed by atoms with Crippen LogP contribution in [-0.2, 0) is 14.3 Å². The lowest BCUT2D eigenvalue weighted by Gasteiger charge is -2.09. The van der Waals surface area contributed by atoms with Crippen LogP contribution in [0.1, 0.15) is 26.7 Å². The summed E-state index contributed by atoms with van der Waals surface area (Å²) in [5, 5.41) is 13.1. The van der Waals surface area contributed by atoms with Crippen molar-refractivity contribution < 1.29 is 23.9 Å². The minimum Gasteiger partial charge on any atom is -0.453 e. The first kappa shape index (κ1) is 21.5. The number of ether oxygens (including phenoxy) is 2. The predicted molar refractivity (Wildman–Crippen MR) is 106 cm³/mol. The smallest absolute Gasteiger partial charge is 0.412 e. The minimum absolute atomic E-state index is 0.0345. The number of amides is 2. The largest absolute Gasteiger partial charge is 0.453 e. The normalized spacial score (nSPS) is 10.4. The second kappa shape index (κ2) is 10.5. The molecule has 10 nitrogen and oxygen atoms in total. The van der Waals surface area contributed by atoms with Gasteiger partial charge in [0.2, 0.25) is 5.91 Å². The number of methoxy groups -OCH3 is 1. The summed E-state index contributed by atoms with van der Waals surface area (Å²) in [6, 6.07) is 9.68. The number of anilines is 2. The van der Waals surface area contributed by atoms with Crippen LogP contribution >= 0.6 is 0 Å². The van der Waals surface area contributed by atoms with E-state index in [1.165, 1.54) is 26.2 Å². The molecule has 0 aliphatic heterocycles. The van der Waals surface area contributed by atoms with Crippen LogP contribution in [0.3, 0.4) is 0 Å². The van der Waals surface area contributed by atoms with Crippen LogP contribution in [-0.4, -0.2) is 30.1 Å². The minimum atomic E-state index is -0.761. The van der Waals surface area contributed by atoms with Crippen molar-refractivity contribution in [1.82, 2.24) is 4.98 Å². The Morgan fingerprint density at radius 1 is 1.03 bits per heavy atom. The number of carbonyl (C=O) groups excluding carboxylic acids is 3. The summed E-state index contributed by atoms with van der Waals surface area (Å²) in [6.45, 7) is 3.21. The van der Waals surface area contributed by atoms with Gasteiger partial charge in [0.25, 0.3) is 0 Å². The van der Waals surface area contributed by atoms with Crippen LogP contribution in [0.15, 0.2) is 46.6 Å². The molecule has 0 saturated carbocycles. The Morgan fingerprint density at radius 2 is 1.76 bits per heavy atom. The third-order valence-corrected chi connectivity index (χ3v) is 3.39. The van der Waals surface area contributed by atoms with E-state index in [9.17, 15) is 14.4 Å². The number of benzene rings is 1. The molecule has 29 heavy (non-hydrogen) atoms. The van der Waals surface area contributed by atoms with E-state index >= 15 is 0 Å². The molecule has 0 atom stereocenters. The first-order valence-corrected chi connectivity index (χ1v) is 8.78. The fourth-order valence-electron chi connectivity index (χ4n) is 2.13. The van der Waals surface area contributed by atoms with Gasteiger partial charge in [-0.05, 0) is 30.7 Å². The monoisotopic (exact) mass is 399 g/mol. The number of nitrogens with zero attached hydrogens (tertiary/aromatic N) is 3. The van der Waals surface area contributed by atoms with E-state index in [4.69, 9.17) is 4.74 Å². The molecule has 1 aromatic carbocycles. The number of pyridine rings is 1. The van der Waals surface area contributed by atoms with Crippen molar-refractivity contribution in [3.05, 3.63) is 36.4 Å². The highest BCUT2D eigenvalue weighted by atomic mass is 16.5. The number of para-hydroxylation sites is 1. The van der Waals surface area contributed by atoms with E-state index in [1.54, 1.807) is 24.3 Å². The van der Waals surface area contributed by atoms with Gasteiger partial charge in [-0.1, -0.05) is 19.1 Å². The summed E-state index contributed by atoms with van der Waals surface area (Å²) in [4.78, 5) is 38.7. The molecular formula is C19H21N5O5. The number of azo groups is 1. The highest BCUT2D eigenvalue weighted by molar-refractivity contribution is 5.90. The van der Waals surface area contributed by atoms with Gasteiger partial charge in [-0.3, -0.25) is 14.9 Å². The fraction of sp³-hybridized carbons (Fsp3) is 0.263. The molecule has 0 fully saturated rings. The predicted octanol–water partition coefficient (Wildman–Crippen LogP) is 4.34. The van der Waals surface area contributed by atoms with Crippen LogP contribution in [0.25, 0.3) is 0 Å². The van der Waals surface area contributed by atoms with Crippen LogP contribution in [0.4, 0.5) is 27.8 Å². The standard InChI is InChI=1S/C19H21N5O5/c1-4-7-17(26)29-15-9-6-5-8-13(15)23-24-14-10-11-16(20-12(2)25)21-18(14)22-19(27)28-3/h5-6,8-11H,4,7H2,1-3H3,(H2,20,21,22,25,27). The van der Waals surface area contributed by atoms with Gasteiger partial charge < -0.3 is 14.8 Å². The summed E-state index contributed by atoms with van der Waals surface area (Å²) in [5.41, 5.74) is 0.533. The Hall–Kier alpha value is -3.82. The van der Waals surface area contributed by atoms with E-state index in [-0.39, 0.29) is 41.4 Å². The fourth-order valence-corrected chi connectivity index (χ4v) is 2.13. The Bertz CT molecular complexity index is 929. The van der Waals surface area contributed by atoms with Crippen molar-refractivity contribution in [2.45, 2.75) is 26.7 Å². The van der Waals surface area contributed by atoms with Gasteiger partial charge in [-0.25, -0.2) is 9.78 Å². The number of rotatable bonds is 7. The maximum atomic E-state index is 11.8. The van der Waals surface area contributed by atoms with Crippen molar-refractivity contribution in [2.24, 2.45) is 10.2 Å². The summed E-state index contributed by atoms with van der Waals surface area (Å²) in [7, 11) is 1.20. The third-order valence-electron chi connectivity index (χ3n) is 3.39. The maximum absolute atomic E-state index is 11.8. The molecule has 152 valence electrons. The second-order valence-corrected chi connectivity index (χ2v) is 5.75. The molecule has 0 unspecified atom stereocenters.